The van der Waals surface area contributed by atoms with Crippen LogP contribution in [0.1, 0.15) is 45.7 Å². The second-order valence-corrected chi connectivity index (χ2v) is 7.78. The molecule has 1 fully saturated rings. The van der Waals surface area contributed by atoms with Crippen LogP contribution in [-0.4, -0.2) is 50.7 Å². The molecule has 5 nitrogen and oxygen atoms in total. The van der Waals surface area contributed by atoms with Gasteiger partial charge >= 0.3 is 0 Å². The molecule has 1 aromatic carbocycles. The Kier molecular flexibility index (Phi) is 11.1. The van der Waals surface area contributed by atoms with Gasteiger partial charge in [-0.15, -0.1) is 24.0 Å². The summed E-state index contributed by atoms with van der Waals surface area (Å²) in [6, 6.07) is 8.55. The number of benzene rings is 1. The standard InChI is InChI=1S/C21H36N4O.HI/c1-6-22-21(23-13-18-11-12-25(5)14-18)24-17(4)19-7-9-20(10-8-19)26-15-16(2)3;/h7-10,16-18H,6,11-15H2,1-5H3,(H2,22,23,24);1H. The van der Waals surface area contributed by atoms with Crippen molar-refractivity contribution in [2.24, 2.45) is 16.8 Å². The highest BCUT2D eigenvalue weighted by atomic mass is 127. The Balaban J connectivity index is 0.00000364. The van der Waals surface area contributed by atoms with Crippen LogP contribution in [0, 0.1) is 11.8 Å². The highest BCUT2D eigenvalue weighted by Crippen LogP contribution is 2.18. The summed E-state index contributed by atoms with van der Waals surface area (Å²) < 4.78 is 5.77. The molecule has 0 aliphatic carbocycles. The lowest BCUT2D eigenvalue weighted by atomic mass is 10.1. The zero-order chi connectivity index (χ0) is 18.9. The third-order valence-corrected chi connectivity index (χ3v) is 4.66. The molecule has 1 aliphatic heterocycles. The molecule has 2 unspecified atom stereocenters. The van der Waals surface area contributed by atoms with E-state index in [2.05, 4.69) is 62.4 Å². The van der Waals surface area contributed by atoms with Crippen LogP contribution >= 0.6 is 24.0 Å². The molecule has 27 heavy (non-hydrogen) atoms. The van der Waals surface area contributed by atoms with E-state index >= 15 is 0 Å². The third-order valence-electron chi connectivity index (χ3n) is 4.66. The average Bonchev–Trinajstić information content (AvgIpc) is 3.04. The number of nitrogens with zero attached hydrogens (tertiary/aromatic N) is 2. The van der Waals surface area contributed by atoms with E-state index in [9.17, 15) is 0 Å². The Hall–Kier alpha value is -1.02. The van der Waals surface area contributed by atoms with Crippen LogP contribution in [0.4, 0.5) is 0 Å². The number of hydrogen-bond donors (Lipinski definition) is 2. The Morgan fingerprint density at radius 3 is 2.52 bits per heavy atom. The Morgan fingerprint density at radius 2 is 1.96 bits per heavy atom. The van der Waals surface area contributed by atoms with Gasteiger partial charge in [0.2, 0.25) is 0 Å². The lowest BCUT2D eigenvalue weighted by Gasteiger charge is -2.19. The predicted octanol–water partition coefficient (Wildman–Crippen LogP) is 3.91. The minimum Gasteiger partial charge on any atom is -0.493 e. The van der Waals surface area contributed by atoms with Crippen molar-refractivity contribution >= 4 is 29.9 Å². The van der Waals surface area contributed by atoms with Gasteiger partial charge in [-0.25, -0.2) is 0 Å². The third kappa shape index (κ3) is 8.68. The van der Waals surface area contributed by atoms with Gasteiger partial charge in [-0.1, -0.05) is 26.0 Å². The second kappa shape index (κ2) is 12.4. The Bertz CT molecular complexity index is 562. The molecule has 0 radical (unpaired) electrons. The number of aliphatic imine (C=N–C) groups is 1. The molecule has 2 N–H and O–H groups in total. The summed E-state index contributed by atoms with van der Waals surface area (Å²) in [6.45, 7) is 13.4. The van der Waals surface area contributed by atoms with Crippen LogP contribution in [0.25, 0.3) is 0 Å². The van der Waals surface area contributed by atoms with Crippen LogP contribution in [-0.2, 0) is 0 Å². The fraction of sp³-hybridized carbons (Fsp3) is 0.667. The van der Waals surface area contributed by atoms with Gasteiger partial charge < -0.3 is 20.3 Å². The number of likely N-dealkylation sites (tertiary alicyclic amines) is 1. The van der Waals surface area contributed by atoms with Gasteiger partial charge in [0.25, 0.3) is 0 Å². The summed E-state index contributed by atoms with van der Waals surface area (Å²) >= 11 is 0. The van der Waals surface area contributed by atoms with Gasteiger partial charge in [-0.05, 0) is 63.4 Å². The van der Waals surface area contributed by atoms with Crippen molar-refractivity contribution in [1.82, 2.24) is 15.5 Å². The van der Waals surface area contributed by atoms with E-state index in [0.29, 0.717) is 11.8 Å². The minimum absolute atomic E-state index is 0. The predicted molar refractivity (Wildman–Crippen MR) is 125 cm³/mol. The molecule has 2 atom stereocenters. The zero-order valence-electron chi connectivity index (χ0n) is 17.5. The fourth-order valence-corrected chi connectivity index (χ4v) is 3.12. The van der Waals surface area contributed by atoms with Gasteiger partial charge in [0.15, 0.2) is 5.96 Å². The molecule has 1 heterocycles. The van der Waals surface area contributed by atoms with E-state index in [-0.39, 0.29) is 30.0 Å². The number of nitrogens with one attached hydrogen (secondary N) is 2. The van der Waals surface area contributed by atoms with Gasteiger partial charge in [0.1, 0.15) is 5.75 Å². The van der Waals surface area contributed by atoms with Gasteiger partial charge in [-0.2, -0.15) is 0 Å². The van der Waals surface area contributed by atoms with Gasteiger partial charge in [-0.3, -0.25) is 4.99 Å². The zero-order valence-corrected chi connectivity index (χ0v) is 19.8. The highest BCUT2D eigenvalue weighted by Gasteiger charge is 2.19. The summed E-state index contributed by atoms with van der Waals surface area (Å²) in [7, 11) is 2.18. The molecule has 6 heteroatoms. The topological polar surface area (TPSA) is 48.9 Å². The van der Waals surface area contributed by atoms with E-state index in [0.717, 1.165) is 38.0 Å². The molecule has 0 spiro atoms. The molecule has 0 saturated carbocycles. The van der Waals surface area contributed by atoms with Crippen molar-refractivity contribution in [1.29, 1.82) is 0 Å². The first-order valence-electron chi connectivity index (χ1n) is 9.94. The Labute approximate surface area is 182 Å². The SMILES string of the molecule is CCNC(=NCC1CCN(C)C1)NC(C)c1ccc(OCC(C)C)cc1.I. The van der Waals surface area contributed by atoms with E-state index in [4.69, 9.17) is 9.73 Å². The number of ether oxygens (including phenoxy) is 1. The summed E-state index contributed by atoms with van der Waals surface area (Å²) in [6.07, 6.45) is 1.24. The highest BCUT2D eigenvalue weighted by molar-refractivity contribution is 14.0. The largest absolute Gasteiger partial charge is 0.493 e. The van der Waals surface area contributed by atoms with E-state index in [1.165, 1.54) is 18.5 Å². The monoisotopic (exact) mass is 488 g/mol. The summed E-state index contributed by atoms with van der Waals surface area (Å²) in [4.78, 5) is 7.19. The van der Waals surface area contributed by atoms with Crippen molar-refractivity contribution < 1.29 is 4.74 Å². The number of guanidine groups is 1. The lowest BCUT2D eigenvalue weighted by Crippen LogP contribution is -2.39. The molecule has 0 bridgehead atoms. The van der Waals surface area contributed by atoms with Crippen LogP contribution in [0.15, 0.2) is 29.3 Å². The van der Waals surface area contributed by atoms with Gasteiger partial charge in [0, 0.05) is 19.6 Å². The van der Waals surface area contributed by atoms with E-state index in [1.54, 1.807) is 0 Å². The van der Waals surface area contributed by atoms with Crippen molar-refractivity contribution in [3.8, 4) is 5.75 Å². The normalized spacial score (nSPS) is 18.9. The number of hydrogen-bond acceptors (Lipinski definition) is 3. The van der Waals surface area contributed by atoms with Crippen molar-refractivity contribution in [2.75, 3.05) is 39.8 Å². The van der Waals surface area contributed by atoms with E-state index < -0.39 is 0 Å². The van der Waals surface area contributed by atoms with Crippen LogP contribution < -0.4 is 15.4 Å². The smallest absolute Gasteiger partial charge is 0.191 e. The molecule has 0 amide bonds. The molecule has 2 rings (SSSR count). The summed E-state index contributed by atoms with van der Waals surface area (Å²) in [5.41, 5.74) is 1.23. The minimum atomic E-state index is 0. The first-order valence-corrected chi connectivity index (χ1v) is 9.94. The first-order chi connectivity index (χ1) is 12.5. The summed E-state index contributed by atoms with van der Waals surface area (Å²) in [5.74, 6) is 3.03. The first kappa shape index (κ1) is 24.0. The molecular formula is C21H37IN4O. The number of halogens is 1. The average molecular weight is 488 g/mol. The maximum atomic E-state index is 5.77. The molecular weight excluding hydrogens is 451 g/mol. The molecule has 154 valence electrons. The molecule has 1 aliphatic rings. The van der Waals surface area contributed by atoms with Crippen molar-refractivity contribution in [3.63, 3.8) is 0 Å². The fourth-order valence-electron chi connectivity index (χ4n) is 3.12. The van der Waals surface area contributed by atoms with Crippen molar-refractivity contribution in [2.45, 2.75) is 40.2 Å². The molecule has 1 saturated heterocycles. The van der Waals surface area contributed by atoms with E-state index in [1.807, 2.05) is 12.1 Å². The maximum Gasteiger partial charge on any atom is 0.191 e. The van der Waals surface area contributed by atoms with Crippen LogP contribution in [0.2, 0.25) is 0 Å². The van der Waals surface area contributed by atoms with Gasteiger partial charge in [0.05, 0.1) is 12.6 Å². The maximum absolute atomic E-state index is 5.77. The molecule has 1 aromatic rings. The number of rotatable bonds is 8. The Morgan fingerprint density at radius 1 is 1.26 bits per heavy atom. The van der Waals surface area contributed by atoms with Crippen LogP contribution in [0.3, 0.4) is 0 Å². The molecule has 0 aromatic heterocycles. The van der Waals surface area contributed by atoms with Crippen LogP contribution in [0.5, 0.6) is 5.75 Å². The quantitative estimate of drug-likeness (QED) is 0.331. The van der Waals surface area contributed by atoms with Crippen molar-refractivity contribution in [3.05, 3.63) is 29.8 Å². The lowest BCUT2D eigenvalue weighted by molar-refractivity contribution is 0.271. The second-order valence-electron chi connectivity index (χ2n) is 7.78. The summed E-state index contributed by atoms with van der Waals surface area (Å²) in [5, 5.41) is 6.89.